The number of carbonyl (C=O) groups is 2. The van der Waals surface area contributed by atoms with E-state index in [2.05, 4.69) is 6.58 Å². The summed E-state index contributed by atoms with van der Waals surface area (Å²) in [5.41, 5.74) is -1.40. The van der Waals surface area contributed by atoms with Crippen molar-refractivity contribution in [3.63, 3.8) is 0 Å². The largest absolute Gasteiger partial charge is 0.465 e. The third kappa shape index (κ3) is 4.54. The number of allylic oxidation sites excluding steroid dienone is 3. The Morgan fingerprint density at radius 2 is 1.75 bits per heavy atom. The fourth-order valence-electron chi connectivity index (χ4n) is 1.73. The molecule has 5 heteroatoms. The van der Waals surface area contributed by atoms with Crippen LogP contribution < -0.4 is 0 Å². The molecule has 0 aromatic rings. The molecule has 0 spiro atoms. The molecule has 0 saturated heterocycles. The van der Waals surface area contributed by atoms with Crippen LogP contribution in [-0.2, 0) is 19.1 Å². The molecule has 0 aliphatic heterocycles. The molecule has 0 heterocycles. The van der Waals surface area contributed by atoms with Crippen LogP contribution in [0.25, 0.3) is 0 Å². The Balaban J connectivity index is 5.61. The van der Waals surface area contributed by atoms with E-state index in [4.69, 9.17) is 14.7 Å². The summed E-state index contributed by atoms with van der Waals surface area (Å²) in [5.74, 6) is -1.37. The summed E-state index contributed by atoms with van der Waals surface area (Å²) in [4.78, 5) is 24.5. The zero-order chi connectivity index (χ0) is 15.6. The summed E-state index contributed by atoms with van der Waals surface area (Å²) in [6.07, 6.45) is 3.41. The molecule has 0 radical (unpaired) electrons. The predicted octanol–water partition coefficient (Wildman–Crippen LogP) is 2.54. The molecule has 0 atom stereocenters. The minimum atomic E-state index is -1.54. The number of hydrogen-bond acceptors (Lipinski definition) is 5. The van der Waals surface area contributed by atoms with Gasteiger partial charge in [-0.25, -0.2) is 0 Å². The van der Waals surface area contributed by atoms with Gasteiger partial charge in [0.1, 0.15) is 0 Å². The van der Waals surface area contributed by atoms with Crippen LogP contribution in [-0.4, -0.2) is 25.2 Å². The van der Waals surface area contributed by atoms with Crippen molar-refractivity contribution in [3.8, 4) is 6.07 Å². The van der Waals surface area contributed by atoms with Gasteiger partial charge in [-0.1, -0.05) is 18.7 Å². The number of carbonyl (C=O) groups excluding carboxylic acids is 2. The van der Waals surface area contributed by atoms with Crippen molar-refractivity contribution in [1.29, 1.82) is 5.26 Å². The van der Waals surface area contributed by atoms with Gasteiger partial charge in [-0.05, 0) is 27.2 Å². The Morgan fingerprint density at radius 1 is 1.25 bits per heavy atom. The molecular weight excluding hydrogens is 258 g/mol. The number of ether oxygens (including phenoxy) is 2. The van der Waals surface area contributed by atoms with E-state index in [1.807, 2.05) is 6.07 Å². The highest BCUT2D eigenvalue weighted by Crippen LogP contribution is 2.34. The van der Waals surface area contributed by atoms with E-state index in [1.165, 1.54) is 0 Å². The van der Waals surface area contributed by atoms with Gasteiger partial charge in [0.25, 0.3) is 0 Å². The lowest BCUT2D eigenvalue weighted by atomic mass is 9.78. The van der Waals surface area contributed by atoms with Gasteiger partial charge >= 0.3 is 11.9 Å². The number of nitrogens with zero attached hydrogens (tertiary/aromatic N) is 1. The minimum absolute atomic E-state index is 0.106. The lowest BCUT2D eigenvalue weighted by molar-refractivity contribution is -0.171. The molecule has 0 bridgehead atoms. The van der Waals surface area contributed by atoms with Crippen molar-refractivity contribution >= 4 is 11.9 Å². The van der Waals surface area contributed by atoms with Crippen LogP contribution in [0, 0.1) is 16.7 Å². The quantitative estimate of drug-likeness (QED) is 0.295. The van der Waals surface area contributed by atoms with Crippen molar-refractivity contribution < 1.29 is 19.1 Å². The van der Waals surface area contributed by atoms with E-state index in [-0.39, 0.29) is 31.6 Å². The Hall–Kier alpha value is -2.09. The van der Waals surface area contributed by atoms with E-state index in [0.29, 0.717) is 0 Å². The van der Waals surface area contributed by atoms with Gasteiger partial charge in [-0.3, -0.25) is 9.59 Å². The van der Waals surface area contributed by atoms with Gasteiger partial charge in [0.05, 0.1) is 19.3 Å². The fraction of sp³-hybridized carbons (Fsp3) is 0.533. The van der Waals surface area contributed by atoms with Gasteiger partial charge in [0.15, 0.2) is 5.41 Å². The fourth-order valence-corrected chi connectivity index (χ4v) is 1.73. The molecule has 5 nitrogen and oxygen atoms in total. The van der Waals surface area contributed by atoms with Gasteiger partial charge in [-0.2, -0.15) is 5.26 Å². The Kier molecular flexibility index (Phi) is 7.98. The second kappa shape index (κ2) is 8.92. The van der Waals surface area contributed by atoms with Gasteiger partial charge in [-0.15, -0.1) is 0 Å². The molecule has 110 valence electrons. The molecule has 0 aromatic carbocycles. The van der Waals surface area contributed by atoms with Crippen molar-refractivity contribution in [3.05, 3.63) is 24.3 Å². The Labute approximate surface area is 119 Å². The predicted molar refractivity (Wildman–Crippen MR) is 74.5 cm³/mol. The molecule has 0 saturated carbocycles. The first kappa shape index (κ1) is 17.9. The Morgan fingerprint density at radius 3 is 2.10 bits per heavy atom. The van der Waals surface area contributed by atoms with Gasteiger partial charge < -0.3 is 9.47 Å². The van der Waals surface area contributed by atoms with Crippen LogP contribution in [0.2, 0.25) is 0 Å². The maximum atomic E-state index is 12.2. The molecule has 0 aliphatic rings. The van der Waals surface area contributed by atoms with Crippen LogP contribution in [0.3, 0.4) is 0 Å². The third-order valence-electron chi connectivity index (χ3n) is 2.71. The van der Waals surface area contributed by atoms with Gasteiger partial charge in [0.2, 0.25) is 0 Å². The molecule has 0 N–H and O–H groups in total. The van der Waals surface area contributed by atoms with E-state index < -0.39 is 17.4 Å². The molecule has 0 amide bonds. The zero-order valence-corrected chi connectivity index (χ0v) is 12.3. The summed E-state index contributed by atoms with van der Waals surface area (Å²) in [6, 6.07) is 1.86. The highest BCUT2D eigenvalue weighted by atomic mass is 16.6. The number of rotatable bonds is 8. The average molecular weight is 279 g/mol. The monoisotopic (exact) mass is 279 g/mol. The van der Waals surface area contributed by atoms with Crippen molar-refractivity contribution in [2.45, 2.75) is 33.6 Å². The summed E-state index contributed by atoms with van der Waals surface area (Å²) in [5, 5.41) is 8.88. The second-order valence-corrected chi connectivity index (χ2v) is 4.19. The normalized spacial score (nSPS) is 10.9. The standard InChI is InChI=1S/C15H21NO4/c1-5-8-9-15(10-12(4)11-16,13(17)19-6-2)14(18)20-7-3/h5,8H,4,6-7,9-10H2,1-3H3/b8-5+. The topological polar surface area (TPSA) is 76.4 Å². The lowest BCUT2D eigenvalue weighted by Crippen LogP contribution is -2.42. The minimum Gasteiger partial charge on any atom is -0.465 e. The van der Waals surface area contributed by atoms with Crippen LogP contribution in [0.1, 0.15) is 33.6 Å². The van der Waals surface area contributed by atoms with Crippen molar-refractivity contribution in [2.75, 3.05) is 13.2 Å². The second-order valence-electron chi connectivity index (χ2n) is 4.19. The molecule has 0 fully saturated rings. The number of esters is 2. The zero-order valence-electron chi connectivity index (χ0n) is 12.3. The molecule has 20 heavy (non-hydrogen) atoms. The smallest absolute Gasteiger partial charge is 0.324 e. The van der Waals surface area contributed by atoms with E-state index in [9.17, 15) is 9.59 Å². The molecule has 0 unspecified atom stereocenters. The summed E-state index contributed by atoms with van der Waals surface area (Å²) in [7, 11) is 0. The van der Waals surface area contributed by atoms with Crippen LogP contribution in [0.15, 0.2) is 24.3 Å². The van der Waals surface area contributed by atoms with Crippen LogP contribution in [0.5, 0.6) is 0 Å². The maximum absolute atomic E-state index is 12.2. The summed E-state index contributed by atoms with van der Waals surface area (Å²) in [6.45, 7) is 8.93. The van der Waals surface area contributed by atoms with Crippen LogP contribution >= 0.6 is 0 Å². The first-order valence-electron chi connectivity index (χ1n) is 6.51. The Bertz CT molecular complexity index is 414. The molecule has 0 aliphatic carbocycles. The van der Waals surface area contributed by atoms with E-state index >= 15 is 0 Å². The van der Waals surface area contributed by atoms with Crippen LogP contribution in [0.4, 0.5) is 0 Å². The highest BCUT2D eigenvalue weighted by Gasteiger charge is 2.48. The van der Waals surface area contributed by atoms with Gasteiger partial charge in [0, 0.05) is 12.0 Å². The van der Waals surface area contributed by atoms with E-state index in [1.54, 1.807) is 32.9 Å². The third-order valence-corrected chi connectivity index (χ3v) is 2.71. The molecule has 0 aromatic heterocycles. The highest BCUT2D eigenvalue weighted by molar-refractivity contribution is 6.00. The number of hydrogen-bond donors (Lipinski definition) is 0. The van der Waals surface area contributed by atoms with E-state index in [0.717, 1.165) is 0 Å². The SMILES string of the molecule is C=C(C#N)CC(C/C=C/C)(C(=O)OCC)C(=O)OCC. The van der Waals surface area contributed by atoms with Crippen molar-refractivity contribution in [2.24, 2.45) is 5.41 Å². The number of nitriles is 1. The maximum Gasteiger partial charge on any atom is 0.324 e. The summed E-state index contributed by atoms with van der Waals surface area (Å²) >= 11 is 0. The first-order valence-corrected chi connectivity index (χ1v) is 6.51. The van der Waals surface area contributed by atoms with Crippen molar-refractivity contribution in [1.82, 2.24) is 0 Å². The average Bonchev–Trinajstić information content (AvgIpc) is 2.43. The molecule has 0 rings (SSSR count). The molecular formula is C15H21NO4. The summed E-state index contributed by atoms with van der Waals surface area (Å²) < 4.78 is 9.99. The first-order chi connectivity index (χ1) is 9.48. The lowest BCUT2D eigenvalue weighted by Gasteiger charge is -2.27.